The van der Waals surface area contributed by atoms with Crippen LogP contribution >= 0.6 is 0 Å². The first-order valence-corrected chi connectivity index (χ1v) is 12.1. The largest absolute Gasteiger partial charge is 0.392 e. The minimum atomic E-state index is -4.78. The molecule has 0 saturated heterocycles. The second-order valence-corrected chi connectivity index (χ2v) is 10.2. The first kappa shape index (κ1) is 22.2. The lowest BCUT2D eigenvalue weighted by molar-refractivity contribution is -0.121. The van der Waals surface area contributed by atoms with Gasteiger partial charge in [0.1, 0.15) is 6.61 Å². The topological polar surface area (TPSA) is 104 Å². The second kappa shape index (κ2) is 7.85. The van der Waals surface area contributed by atoms with Crippen LogP contribution in [0.3, 0.4) is 0 Å². The van der Waals surface area contributed by atoms with Crippen LogP contribution in [0, 0.1) is 11.3 Å². The van der Waals surface area contributed by atoms with Crippen LogP contribution in [0.4, 0.5) is 5.69 Å². The van der Waals surface area contributed by atoms with Crippen molar-refractivity contribution in [3.05, 3.63) is 47.1 Å². The zero-order valence-electron chi connectivity index (χ0n) is 17.9. The van der Waals surface area contributed by atoms with E-state index in [1.807, 2.05) is 6.07 Å². The standard InChI is InChI=1S/C23H29NO6S/c1-4-30-13-21(26)24(31(27,28)29)16-6-8-17-15(12-16)5-7-19-18(17)9-10-23(3)20(25)11-14(2)22(19)23/h6,8,12,20,22,25H,2,4-5,7,9-11,13H2,1,3H3,(H,27,28,29)/t20-,22+,23-/m1/s1. The number of nitrogens with zero attached hydrogens (tertiary/aromatic N) is 1. The molecular weight excluding hydrogens is 418 g/mol. The van der Waals surface area contributed by atoms with Crippen LogP contribution in [0.5, 0.6) is 0 Å². The number of hydrogen-bond acceptors (Lipinski definition) is 5. The fourth-order valence-electron chi connectivity index (χ4n) is 5.68. The van der Waals surface area contributed by atoms with Crippen molar-refractivity contribution >= 4 is 27.5 Å². The second-order valence-electron chi connectivity index (χ2n) is 8.94. The predicted molar refractivity (Wildman–Crippen MR) is 118 cm³/mol. The highest BCUT2D eigenvalue weighted by Gasteiger charge is 2.52. The maximum Gasteiger partial charge on any atom is 0.366 e. The Kier molecular flexibility index (Phi) is 5.62. The molecule has 1 saturated carbocycles. The Bertz CT molecular complexity index is 1080. The Morgan fingerprint density at radius 3 is 2.74 bits per heavy atom. The Balaban J connectivity index is 1.73. The summed E-state index contributed by atoms with van der Waals surface area (Å²) in [7, 11) is -4.78. The third-order valence-corrected chi connectivity index (χ3v) is 8.01. The third-order valence-electron chi connectivity index (χ3n) is 7.13. The maximum absolute atomic E-state index is 12.4. The highest BCUT2D eigenvalue weighted by molar-refractivity contribution is 7.88. The minimum absolute atomic E-state index is 0.108. The van der Waals surface area contributed by atoms with E-state index in [4.69, 9.17) is 4.74 Å². The van der Waals surface area contributed by atoms with E-state index in [1.54, 1.807) is 19.1 Å². The van der Waals surface area contributed by atoms with E-state index >= 15 is 0 Å². The van der Waals surface area contributed by atoms with Gasteiger partial charge in [0.25, 0.3) is 5.91 Å². The van der Waals surface area contributed by atoms with Gasteiger partial charge in [-0.2, -0.15) is 12.7 Å². The van der Waals surface area contributed by atoms with Crippen LogP contribution in [0.15, 0.2) is 35.9 Å². The average molecular weight is 448 g/mol. The van der Waals surface area contributed by atoms with Crippen molar-refractivity contribution in [2.24, 2.45) is 11.3 Å². The predicted octanol–water partition coefficient (Wildman–Crippen LogP) is 3.30. The molecule has 4 rings (SSSR count). The lowest BCUT2D eigenvalue weighted by Gasteiger charge is -2.43. The van der Waals surface area contributed by atoms with Gasteiger partial charge < -0.3 is 9.84 Å². The SMILES string of the molecule is C=C1C[C@@H](O)[C@@]2(C)CCC3=C(CCc4cc(N(C(=O)COCC)S(=O)(=O)O)ccc43)[C@H]12. The van der Waals surface area contributed by atoms with Crippen LogP contribution in [0.2, 0.25) is 0 Å². The van der Waals surface area contributed by atoms with Gasteiger partial charge in [-0.15, -0.1) is 0 Å². The monoisotopic (exact) mass is 447 g/mol. The number of aliphatic hydroxyl groups excluding tert-OH is 1. The van der Waals surface area contributed by atoms with E-state index in [1.165, 1.54) is 11.1 Å². The summed E-state index contributed by atoms with van der Waals surface area (Å²) in [6.45, 7) is 7.91. The molecule has 0 spiro atoms. The van der Waals surface area contributed by atoms with Gasteiger partial charge in [-0.05, 0) is 67.9 Å². The average Bonchev–Trinajstić information content (AvgIpc) is 2.93. The number of fused-ring (bicyclic) bond motifs is 4. The van der Waals surface area contributed by atoms with Crippen molar-refractivity contribution in [2.45, 2.75) is 52.1 Å². The molecule has 1 amide bonds. The Hall–Kier alpha value is -2.00. The van der Waals surface area contributed by atoms with Gasteiger partial charge in [0, 0.05) is 17.9 Å². The van der Waals surface area contributed by atoms with Gasteiger partial charge in [0.15, 0.2) is 0 Å². The number of allylic oxidation sites excluding steroid dienone is 2. The number of carbonyl (C=O) groups is 1. The van der Waals surface area contributed by atoms with Gasteiger partial charge in [0.2, 0.25) is 0 Å². The highest BCUT2D eigenvalue weighted by atomic mass is 32.2. The van der Waals surface area contributed by atoms with Crippen molar-refractivity contribution in [1.82, 2.24) is 0 Å². The van der Waals surface area contributed by atoms with Gasteiger partial charge in [-0.25, -0.2) is 0 Å². The quantitative estimate of drug-likeness (QED) is 0.530. The molecule has 0 heterocycles. The number of hydrogen-bond donors (Lipinski definition) is 2. The van der Waals surface area contributed by atoms with Crippen molar-refractivity contribution in [1.29, 1.82) is 0 Å². The maximum atomic E-state index is 12.4. The summed E-state index contributed by atoms with van der Waals surface area (Å²) < 4.78 is 38.9. The van der Waals surface area contributed by atoms with Crippen LogP contribution in [-0.4, -0.2) is 43.3 Å². The number of ether oxygens (including phenoxy) is 1. The number of benzene rings is 1. The van der Waals surface area contributed by atoms with Gasteiger partial charge >= 0.3 is 10.3 Å². The van der Waals surface area contributed by atoms with E-state index in [9.17, 15) is 22.9 Å². The van der Waals surface area contributed by atoms with Crippen LogP contribution < -0.4 is 4.31 Å². The van der Waals surface area contributed by atoms with Crippen LogP contribution in [0.1, 0.15) is 50.7 Å². The Labute approximate surface area is 183 Å². The van der Waals surface area contributed by atoms with E-state index in [0.29, 0.717) is 17.1 Å². The van der Waals surface area contributed by atoms with Crippen molar-refractivity contribution < 1.29 is 27.6 Å². The van der Waals surface area contributed by atoms with Crippen LogP contribution in [-0.2, 0) is 26.3 Å². The molecule has 0 bridgehead atoms. The summed E-state index contributed by atoms with van der Waals surface area (Å²) in [4.78, 5) is 12.4. The summed E-state index contributed by atoms with van der Waals surface area (Å²) in [5.74, 6) is -0.675. The molecular formula is C23H29NO6S. The number of aryl methyl sites for hydroxylation is 1. The molecule has 3 aliphatic carbocycles. The molecule has 0 aromatic heterocycles. The van der Waals surface area contributed by atoms with E-state index in [-0.39, 0.29) is 29.7 Å². The first-order chi connectivity index (χ1) is 14.6. The van der Waals surface area contributed by atoms with Crippen LogP contribution in [0.25, 0.3) is 5.57 Å². The normalized spacial score (nSPS) is 27.5. The number of anilines is 1. The molecule has 2 N–H and O–H groups in total. The lowest BCUT2D eigenvalue weighted by Crippen LogP contribution is -2.39. The summed E-state index contributed by atoms with van der Waals surface area (Å²) >= 11 is 0. The van der Waals surface area contributed by atoms with Gasteiger partial charge in [-0.1, -0.05) is 30.7 Å². The molecule has 0 radical (unpaired) electrons. The Morgan fingerprint density at radius 1 is 1.32 bits per heavy atom. The van der Waals surface area contributed by atoms with Crippen molar-refractivity contribution in [3.8, 4) is 0 Å². The molecule has 1 aromatic carbocycles. The first-order valence-electron chi connectivity index (χ1n) is 10.7. The third kappa shape index (κ3) is 3.65. The van der Waals surface area contributed by atoms with Crippen molar-refractivity contribution in [3.63, 3.8) is 0 Å². The molecule has 0 unspecified atom stereocenters. The lowest BCUT2D eigenvalue weighted by atomic mass is 9.62. The summed E-state index contributed by atoms with van der Waals surface area (Å²) in [6, 6.07) is 5.06. The fourth-order valence-corrected chi connectivity index (χ4v) is 6.37. The zero-order valence-corrected chi connectivity index (χ0v) is 18.7. The van der Waals surface area contributed by atoms with Gasteiger partial charge in [-0.3, -0.25) is 9.35 Å². The summed E-state index contributed by atoms with van der Waals surface area (Å²) in [5, 5.41) is 10.6. The van der Waals surface area contributed by atoms with E-state index < -0.39 is 22.8 Å². The molecule has 3 aliphatic rings. The fraction of sp³-hybridized carbons (Fsp3) is 0.522. The molecule has 31 heavy (non-hydrogen) atoms. The van der Waals surface area contributed by atoms with E-state index in [0.717, 1.165) is 36.0 Å². The molecule has 3 atom stereocenters. The van der Waals surface area contributed by atoms with E-state index in [2.05, 4.69) is 13.5 Å². The molecule has 8 heteroatoms. The molecule has 1 fully saturated rings. The number of rotatable bonds is 5. The van der Waals surface area contributed by atoms with Crippen molar-refractivity contribution in [2.75, 3.05) is 17.5 Å². The highest BCUT2D eigenvalue weighted by Crippen LogP contribution is 2.59. The smallest absolute Gasteiger partial charge is 0.366 e. The number of carbonyl (C=O) groups excluding carboxylic acids is 1. The summed E-state index contributed by atoms with van der Waals surface area (Å²) in [5.41, 5.74) is 5.58. The molecule has 7 nitrogen and oxygen atoms in total. The number of amides is 1. The van der Waals surface area contributed by atoms with Gasteiger partial charge in [0.05, 0.1) is 11.8 Å². The molecule has 1 aromatic rings. The molecule has 0 aliphatic heterocycles. The number of aliphatic hydroxyl groups is 1. The summed E-state index contributed by atoms with van der Waals surface area (Å²) in [6.07, 6.45) is 3.46. The zero-order chi connectivity index (χ0) is 22.6. The minimum Gasteiger partial charge on any atom is -0.392 e. The Morgan fingerprint density at radius 2 is 2.06 bits per heavy atom. The molecule has 168 valence electrons.